The van der Waals surface area contributed by atoms with Crippen LogP contribution in [0.2, 0.25) is 0 Å². The van der Waals surface area contributed by atoms with Gasteiger partial charge < -0.3 is 4.74 Å². The summed E-state index contributed by atoms with van der Waals surface area (Å²) < 4.78 is 37.5. The Morgan fingerprint density at radius 1 is 1.35 bits per heavy atom. The Morgan fingerprint density at radius 3 is 2.43 bits per heavy atom. The summed E-state index contributed by atoms with van der Waals surface area (Å²) in [7, 11) is 0. The fourth-order valence-electron chi connectivity index (χ4n) is 3.05. The van der Waals surface area contributed by atoms with Crippen LogP contribution in [0.4, 0.5) is 0 Å². The average Bonchev–Trinajstić information content (AvgIpc) is 2.35. The molecule has 0 radical (unpaired) electrons. The van der Waals surface area contributed by atoms with Crippen molar-refractivity contribution < 1.29 is 39.1 Å². The molecule has 2 N–H and O–H groups in total. The van der Waals surface area contributed by atoms with Crippen LogP contribution in [0.3, 0.4) is 0 Å². The molecule has 0 spiro atoms. The van der Waals surface area contributed by atoms with Gasteiger partial charge in [0.2, 0.25) is 0 Å². The molecule has 2 atom stereocenters. The molecule has 1 aromatic rings. The molecular weight excluding hydrogens is 342 g/mol. The quantitative estimate of drug-likeness (QED) is 0.772. The van der Waals surface area contributed by atoms with Crippen LogP contribution in [0.25, 0.3) is 0 Å². The van der Waals surface area contributed by atoms with Crippen LogP contribution in [-0.2, 0) is 26.0 Å². The number of hydrogen-bond acceptors (Lipinski definition) is 5. The first kappa shape index (κ1) is 19.7. The van der Waals surface area contributed by atoms with Crippen molar-refractivity contribution in [3.05, 3.63) is 30.1 Å². The number of pyridine rings is 1. The zero-order valence-electron chi connectivity index (χ0n) is 13.5. The molecule has 130 valence electrons. The van der Waals surface area contributed by atoms with Crippen LogP contribution < -0.4 is 0 Å². The SMILES string of the molecule is C[C@@H]1C[C@@H](OC(=O)c2cccnc2)CC(C)(C)C1.[O]=[Cr](=[O])([OH])[OH]. The summed E-state index contributed by atoms with van der Waals surface area (Å²) in [6.07, 6.45) is 6.37. The minimum absolute atomic E-state index is 0.0384. The summed E-state index contributed by atoms with van der Waals surface area (Å²) in [4.78, 5) is 15.9. The summed E-state index contributed by atoms with van der Waals surface area (Å²) in [5.74, 6) is 0.360. The average molecular weight is 365 g/mol. The number of carbonyl (C=O) groups is 1. The van der Waals surface area contributed by atoms with Crippen molar-refractivity contribution in [3.8, 4) is 0 Å². The Bertz CT molecular complexity index is 606. The second-order valence-electron chi connectivity index (χ2n) is 6.63. The number of esters is 1. The van der Waals surface area contributed by atoms with Crippen molar-refractivity contribution in [1.29, 1.82) is 0 Å². The molecule has 0 aliphatic heterocycles. The summed E-state index contributed by atoms with van der Waals surface area (Å²) >= 11 is -5.25. The molecule has 0 unspecified atom stereocenters. The van der Waals surface area contributed by atoms with E-state index in [0.29, 0.717) is 11.5 Å². The Labute approximate surface area is 138 Å². The van der Waals surface area contributed by atoms with Gasteiger partial charge in [0.25, 0.3) is 0 Å². The number of hydrogen-bond donors (Lipinski definition) is 2. The summed E-state index contributed by atoms with van der Waals surface area (Å²) in [5.41, 5.74) is 0.797. The van der Waals surface area contributed by atoms with Gasteiger partial charge in [-0.2, -0.15) is 0 Å². The van der Waals surface area contributed by atoms with Crippen molar-refractivity contribution in [2.45, 2.75) is 46.1 Å². The topological polar surface area (TPSA) is 114 Å². The van der Waals surface area contributed by atoms with Crippen LogP contribution in [0.5, 0.6) is 0 Å². The number of carbonyl (C=O) groups excluding carboxylic acids is 1. The zero-order valence-corrected chi connectivity index (χ0v) is 14.7. The van der Waals surface area contributed by atoms with Crippen molar-refractivity contribution in [2.24, 2.45) is 11.3 Å². The van der Waals surface area contributed by atoms with Crippen molar-refractivity contribution in [2.75, 3.05) is 0 Å². The summed E-state index contributed by atoms with van der Waals surface area (Å²) in [6, 6.07) is 3.50. The van der Waals surface area contributed by atoms with Gasteiger partial charge in [-0.1, -0.05) is 20.8 Å². The number of aromatic nitrogens is 1. The van der Waals surface area contributed by atoms with Gasteiger partial charge >= 0.3 is 35.5 Å². The molecule has 0 saturated heterocycles. The van der Waals surface area contributed by atoms with Gasteiger partial charge in [-0.3, -0.25) is 4.98 Å². The number of ether oxygens (including phenoxy) is 1. The van der Waals surface area contributed by atoms with E-state index in [-0.39, 0.29) is 17.5 Å². The standard InChI is InChI=1S/C15H21NO2.Cr.2H2O.2O/c1-11-7-13(9-15(2,3)8-11)18-14(17)12-5-4-6-16-10-12;;;;;/h4-6,10-11,13H,7-9H2,1-3H3;;2*1H2;;/q;+2;;;;/p-2/t11-,13-;;;;;/m1...../s1. The third-order valence-electron chi connectivity index (χ3n) is 3.52. The molecule has 1 saturated carbocycles. The maximum absolute atomic E-state index is 12.0. The van der Waals surface area contributed by atoms with Crippen LogP contribution in [0.15, 0.2) is 24.5 Å². The molecule has 1 aliphatic carbocycles. The predicted octanol–water partition coefficient (Wildman–Crippen LogP) is 2.10. The maximum atomic E-state index is 12.0. The van der Waals surface area contributed by atoms with Crippen LogP contribution in [-0.4, -0.2) is 25.4 Å². The third-order valence-corrected chi connectivity index (χ3v) is 3.52. The van der Waals surface area contributed by atoms with Crippen molar-refractivity contribution >= 4 is 5.97 Å². The fraction of sp³-hybridized carbons (Fsp3) is 0.600. The van der Waals surface area contributed by atoms with Crippen molar-refractivity contribution in [3.63, 3.8) is 0 Å². The van der Waals surface area contributed by atoms with E-state index >= 15 is 0 Å². The van der Waals surface area contributed by atoms with Gasteiger partial charge in [0.15, 0.2) is 0 Å². The number of rotatable bonds is 2. The summed E-state index contributed by atoms with van der Waals surface area (Å²) in [5, 5.41) is 0. The molecule has 23 heavy (non-hydrogen) atoms. The third kappa shape index (κ3) is 8.77. The van der Waals surface area contributed by atoms with Crippen LogP contribution in [0, 0.1) is 11.3 Å². The monoisotopic (exact) mass is 365 g/mol. The van der Waals surface area contributed by atoms with Crippen LogP contribution >= 0.6 is 0 Å². The van der Waals surface area contributed by atoms with E-state index in [1.807, 2.05) is 0 Å². The molecule has 0 bridgehead atoms. The first-order valence-electron chi connectivity index (χ1n) is 7.27. The van der Waals surface area contributed by atoms with E-state index in [0.717, 1.165) is 12.8 Å². The van der Waals surface area contributed by atoms with E-state index in [1.54, 1.807) is 24.5 Å². The second-order valence-corrected chi connectivity index (χ2v) is 8.03. The Hall–Kier alpha value is -1.33. The van der Waals surface area contributed by atoms with E-state index in [1.165, 1.54) is 6.42 Å². The van der Waals surface area contributed by atoms with Gasteiger partial charge in [-0.15, -0.1) is 0 Å². The van der Waals surface area contributed by atoms with Gasteiger partial charge in [-0.05, 0) is 42.7 Å². The normalized spacial score (nSPS) is 23.3. The predicted molar refractivity (Wildman–Crippen MR) is 76.0 cm³/mol. The Morgan fingerprint density at radius 2 is 1.96 bits per heavy atom. The molecule has 2 rings (SSSR count). The zero-order chi connectivity index (χ0) is 17.7. The van der Waals surface area contributed by atoms with E-state index in [9.17, 15) is 4.79 Å². The molecular formula is C15H23CrNO6. The first-order chi connectivity index (χ1) is 10.5. The molecule has 0 amide bonds. The fourth-order valence-corrected chi connectivity index (χ4v) is 3.05. The van der Waals surface area contributed by atoms with Gasteiger partial charge in [-0.25, -0.2) is 4.79 Å². The number of nitrogens with zero attached hydrogens (tertiary/aromatic N) is 1. The first-order valence-corrected chi connectivity index (χ1v) is 9.45. The second kappa shape index (κ2) is 7.98. The van der Waals surface area contributed by atoms with E-state index in [2.05, 4.69) is 25.8 Å². The van der Waals surface area contributed by atoms with Gasteiger partial charge in [0, 0.05) is 12.4 Å². The van der Waals surface area contributed by atoms with Crippen LogP contribution in [0.1, 0.15) is 50.4 Å². The van der Waals surface area contributed by atoms with Gasteiger partial charge in [0.05, 0.1) is 5.56 Å². The summed E-state index contributed by atoms with van der Waals surface area (Å²) in [6.45, 7) is 6.72. The Kier molecular flexibility index (Phi) is 6.84. The molecule has 0 aromatic carbocycles. The van der Waals surface area contributed by atoms with E-state index < -0.39 is 13.6 Å². The Balaban J connectivity index is 0.000000463. The molecule has 1 aromatic heterocycles. The molecule has 1 fully saturated rings. The molecule has 1 heterocycles. The van der Waals surface area contributed by atoms with Gasteiger partial charge in [0.1, 0.15) is 6.10 Å². The van der Waals surface area contributed by atoms with E-state index in [4.69, 9.17) is 20.7 Å². The molecule has 1 aliphatic rings. The molecule has 7 nitrogen and oxygen atoms in total. The minimum atomic E-state index is -5.25. The van der Waals surface area contributed by atoms with Crippen molar-refractivity contribution in [1.82, 2.24) is 4.98 Å². The molecule has 8 heteroatoms.